The fourth-order valence-corrected chi connectivity index (χ4v) is 2.42. The summed E-state index contributed by atoms with van der Waals surface area (Å²) in [6.07, 6.45) is 2.78. The van der Waals surface area contributed by atoms with E-state index >= 15 is 0 Å². The molecule has 0 aliphatic rings. The van der Waals surface area contributed by atoms with Crippen LogP contribution in [0.3, 0.4) is 0 Å². The van der Waals surface area contributed by atoms with Crippen LogP contribution >= 0.6 is 11.3 Å². The van der Waals surface area contributed by atoms with Crippen LogP contribution in [-0.4, -0.2) is 21.5 Å². The van der Waals surface area contributed by atoms with Gasteiger partial charge in [-0.25, -0.2) is 15.0 Å². The topological polar surface area (TPSA) is 50.7 Å². The minimum Gasteiger partial charge on any atom is -0.369 e. The molecular weight excluding hydrogens is 244 g/mol. The molecule has 2 rings (SSSR count). The predicted octanol–water partition coefficient (Wildman–Crippen LogP) is 3.02. The van der Waals surface area contributed by atoms with Crippen molar-refractivity contribution in [2.45, 2.75) is 33.1 Å². The van der Waals surface area contributed by atoms with E-state index in [9.17, 15) is 0 Å². The van der Waals surface area contributed by atoms with E-state index in [-0.39, 0.29) is 0 Å². The van der Waals surface area contributed by atoms with E-state index in [0.29, 0.717) is 5.92 Å². The van der Waals surface area contributed by atoms with Crippen LogP contribution in [0.2, 0.25) is 0 Å². The first kappa shape index (κ1) is 13.0. The van der Waals surface area contributed by atoms with E-state index in [0.717, 1.165) is 35.3 Å². The van der Waals surface area contributed by atoms with Gasteiger partial charge in [0.05, 0.1) is 5.01 Å². The van der Waals surface area contributed by atoms with Crippen molar-refractivity contribution < 1.29 is 0 Å². The van der Waals surface area contributed by atoms with Gasteiger partial charge in [-0.2, -0.15) is 0 Å². The Balaban J connectivity index is 1.99. The predicted molar refractivity (Wildman–Crippen MR) is 75.2 cm³/mol. The smallest absolute Gasteiger partial charge is 0.129 e. The third-order valence-corrected chi connectivity index (χ3v) is 3.72. The molecule has 1 unspecified atom stereocenters. The van der Waals surface area contributed by atoms with E-state index in [2.05, 4.69) is 34.1 Å². The second-order valence-electron chi connectivity index (χ2n) is 4.30. The minimum atomic E-state index is 0.394. The molecule has 2 heterocycles. The Morgan fingerprint density at radius 3 is 2.89 bits per heavy atom. The van der Waals surface area contributed by atoms with Crippen molar-refractivity contribution in [2.75, 3.05) is 11.9 Å². The lowest BCUT2D eigenvalue weighted by Gasteiger charge is -2.11. The van der Waals surface area contributed by atoms with Crippen LogP contribution < -0.4 is 5.32 Å². The zero-order chi connectivity index (χ0) is 13.0. The maximum atomic E-state index is 4.40. The van der Waals surface area contributed by atoms with Gasteiger partial charge in [-0.3, -0.25) is 0 Å². The van der Waals surface area contributed by atoms with Crippen molar-refractivity contribution in [2.24, 2.45) is 0 Å². The number of nitrogens with one attached hydrogen (secondary N) is 1. The lowest BCUT2D eigenvalue weighted by atomic mass is 10.2. The summed E-state index contributed by atoms with van der Waals surface area (Å²) in [5.41, 5.74) is 1.08. The fraction of sp³-hybridized carbons (Fsp3) is 0.462. The number of anilines is 1. The van der Waals surface area contributed by atoms with Gasteiger partial charge in [0.25, 0.3) is 0 Å². The van der Waals surface area contributed by atoms with E-state index < -0.39 is 0 Å². The number of thiazole rings is 1. The number of aromatic nitrogens is 3. The fourth-order valence-electron chi connectivity index (χ4n) is 1.72. The highest BCUT2D eigenvalue weighted by Crippen LogP contribution is 2.18. The van der Waals surface area contributed by atoms with E-state index in [1.807, 2.05) is 24.6 Å². The van der Waals surface area contributed by atoms with Gasteiger partial charge in [0.15, 0.2) is 0 Å². The molecule has 0 saturated carbocycles. The minimum absolute atomic E-state index is 0.394. The summed E-state index contributed by atoms with van der Waals surface area (Å²) in [6, 6.07) is 2.02. The highest BCUT2D eigenvalue weighted by Gasteiger charge is 2.08. The maximum Gasteiger partial charge on any atom is 0.129 e. The summed E-state index contributed by atoms with van der Waals surface area (Å²) in [4.78, 5) is 13.1. The summed E-state index contributed by atoms with van der Waals surface area (Å²) >= 11 is 1.69. The maximum absolute atomic E-state index is 4.40. The van der Waals surface area contributed by atoms with Crippen molar-refractivity contribution >= 4 is 17.2 Å². The van der Waals surface area contributed by atoms with Crippen LogP contribution in [0.25, 0.3) is 0 Å². The monoisotopic (exact) mass is 262 g/mol. The van der Waals surface area contributed by atoms with Crippen molar-refractivity contribution in [3.05, 3.63) is 34.2 Å². The molecule has 0 bridgehead atoms. The third-order valence-electron chi connectivity index (χ3n) is 2.72. The molecule has 0 spiro atoms. The van der Waals surface area contributed by atoms with Gasteiger partial charge in [0.1, 0.15) is 11.6 Å². The number of nitrogens with zero attached hydrogens (tertiary/aromatic N) is 3. The Labute approximate surface area is 112 Å². The van der Waals surface area contributed by atoms with Crippen LogP contribution in [0.5, 0.6) is 0 Å². The zero-order valence-electron chi connectivity index (χ0n) is 11.0. The van der Waals surface area contributed by atoms with Gasteiger partial charge in [0, 0.05) is 35.8 Å². The average molecular weight is 262 g/mol. The van der Waals surface area contributed by atoms with Crippen molar-refractivity contribution in [1.82, 2.24) is 15.0 Å². The number of rotatable bonds is 5. The Morgan fingerprint density at radius 2 is 2.22 bits per heavy atom. The number of hydrogen-bond donors (Lipinski definition) is 1. The SMILES string of the molecule is CCc1cc(NCC(C)c2nccs2)nc(C)n1. The second kappa shape index (κ2) is 5.91. The first-order valence-electron chi connectivity index (χ1n) is 6.17. The highest BCUT2D eigenvalue weighted by molar-refractivity contribution is 7.09. The zero-order valence-corrected chi connectivity index (χ0v) is 11.8. The molecule has 2 aromatic rings. The van der Waals surface area contributed by atoms with Gasteiger partial charge >= 0.3 is 0 Å². The number of aryl methyl sites for hydroxylation is 2. The summed E-state index contributed by atoms with van der Waals surface area (Å²) in [5, 5.41) is 6.53. The van der Waals surface area contributed by atoms with Crippen LogP contribution in [0.1, 0.15) is 36.3 Å². The van der Waals surface area contributed by atoms with Crippen LogP contribution in [0, 0.1) is 6.92 Å². The van der Waals surface area contributed by atoms with Gasteiger partial charge in [0.2, 0.25) is 0 Å². The molecule has 18 heavy (non-hydrogen) atoms. The normalized spacial score (nSPS) is 12.4. The molecule has 0 amide bonds. The first-order chi connectivity index (χ1) is 8.69. The highest BCUT2D eigenvalue weighted by atomic mass is 32.1. The molecule has 0 radical (unpaired) electrons. The number of hydrogen-bond acceptors (Lipinski definition) is 5. The molecule has 1 atom stereocenters. The Morgan fingerprint density at radius 1 is 1.39 bits per heavy atom. The van der Waals surface area contributed by atoms with Crippen LogP contribution in [-0.2, 0) is 6.42 Å². The molecule has 0 aliphatic heterocycles. The molecule has 2 aromatic heterocycles. The average Bonchev–Trinajstić information content (AvgIpc) is 2.89. The van der Waals surface area contributed by atoms with E-state index in [4.69, 9.17) is 0 Å². The van der Waals surface area contributed by atoms with Crippen molar-refractivity contribution in [3.8, 4) is 0 Å². The lowest BCUT2D eigenvalue weighted by Crippen LogP contribution is -2.11. The molecule has 4 nitrogen and oxygen atoms in total. The van der Waals surface area contributed by atoms with Gasteiger partial charge < -0.3 is 5.32 Å². The molecule has 5 heteroatoms. The Kier molecular flexibility index (Phi) is 4.25. The molecule has 0 fully saturated rings. The third kappa shape index (κ3) is 3.26. The Hall–Kier alpha value is -1.49. The van der Waals surface area contributed by atoms with Gasteiger partial charge in [-0.05, 0) is 13.3 Å². The van der Waals surface area contributed by atoms with E-state index in [1.54, 1.807) is 11.3 Å². The van der Waals surface area contributed by atoms with Crippen LogP contribution in [0.4, 0.5) is 5.82 Å². The van der Waals surface area contributed by atoms with Gasteiger partial charge in [-0.1, -0.05) is 13.8 Å². The first-order valence-corrected chi connectivity index (χ1v) is 7.04. The summed E-state index contributed by atoms with van der Waals surface area (Å²) < 4.78 is 0. The quantitative estimate of drug-likeness (QED) is 0.900. The molecule has 1 N–H and O–H groups in total. The van der Waals surface area contributed by atoms with Crippen LogP contribution in [0.15, 0.2) is 17.6 Å². The Bertz CT molecular complexity index is 496. The van der Waals surface area contributed by atoms with E-state index in [1.165, 1.54) is 0 Å². The van der Waals surface area contributed by atoms with Crippen molar-refractivity contribution in [3.63, 3.8) is 0 Å². The molecule has 0 aromatic carbocycles. The molecule has 96 valence electrons. The summed E-state index contributed by atoms with van der Waals surface area (Å²) in [7, 11) is 0. The van der Waals surface area contributed by atoms with Gasteiger partial charge in [-0.15, -0.1) is 11.3 Å². The standard InChI is InChI=1S/C13H18N4S/c1-4-11-7-12(17-10(3)16-11)15-8-9(2)13-14-5-6-18-13/h5-7,9H,4,8H2,1-3H3,(H,15,16,17). The summed E-state index contributed by atoms with van der Waals surface area (Å²) in [6.45, 7) is 7.03. The molecule has 0 aliphatic carbocycles. The summed E-state index contributed by atoms with van der Waals surface area (Å²) in [5.74, 6) is 2.12. The lowest BCUT2D eigenvalue weighted by molar-refractivity contribution is 0.789. The largest absolute Gasteiger partial charge is 0.369 e. The molecule has 0 saturated heterocycles. The second-order valence-corrected chi connectivity index (χ2v) is 5.22. The van der Waals surface area contributed by atoms with Crippen molar-refractivity contribution in [1.29, 1.82) is 0 Å². The molecular formula is C13H18N4S.